The molecule has 33 heavy (non-hydrogen) atoms. The molecule has 0 aliphatic carbocycles. The summed E-state index contributed by atoms with van der Waals surface area (Å²) in [6.45, 7) is 3.62. The average molecular weight is 563 g/mol. The second kappa shape index (κ2) is 10.7. The molecule has 10 nitrogen and oxygen atoms in total. The number of nitrogens with zero attached hydrogens (tertiary/aromatic N) is 2. The summed E-state index contributed by atoms with van der Waals surface area (Å²) >= 11 is 2.22. The summed E-state index contributed by atoms with van der Waals surface area (Å²) in [6, 6.07) is 12.5. The molecule has 0 bridgehead atoms. The Kier molecular flexibility index (Phi) is 7.77. The molecule has 11 heteroatoms. The number of aryl methyl sites for hydroxylation is 2. The first-order valence-electron chi connectivity index (χ1n) is 9.51. The summed E-state index contributed by atoms with van der Waals surface area (Å²) in [5, 5.41) is 14.5. The van der Waals surface area contributed by atoms with Crippen LogP contribution in [0.3, 0.4) is 0 Å². The Hall–Kier alpha value is -3.74. The smallest absolute Gasteiger partial charge is 0.433 e. The number of hydrogen-bond acceptors (Lipinski definition) is 8. The first-order chi connectivity index (χ1) is 15.7. The van der Waals surface area contributed by atoms with Gasteiger partial charge in [0.25, 0.3) is 5.91 Å². The highest BCUT2D eigenvalue weighted by atomic mass is 127. The third-order valence-electron chi connectivity index (χ3n) is 4.22. The number of nitrogens with one attached hydrogen (secondary N) is 1. The van der Waals surface area contributed by atoms with Crippen LogP contribution < -0.4 is 14.9 Å². The molecule has 0 unspecified atom stereocenters. The number of hydrogen-bond donors (Lipinski definition) is 1. The maximum absolute atomic E-state index is 12.1. The zero-order valence-corrected chi connectivity index (χ0v) is 19.7. The highest BCUT2D eigenvalue weighted by molar-refractivity contribution is 14.1. The minimum atomic E-state index is -0.885. The van der Waals surface area contributed by atoms with Crippen molar-refractivity contribution < 1.29 is 28.4 Å². The van der Waals surface area contributed by atoms with Gasteiger partial charge in [0.15, 0.2) is 6.61 Å². The van der Waals surface area contributed by atoms with Gasteiger partial charge in [0.1, 0.15) is 16.4 Å². The number of hydrazone groups is 1. The summed E-state index contributed by atoms with van der Waals surface area (Å²) in [4.78, 5) is 34.0. The van der Waals surface area contributed by atoms with E-state index in [-0.39, 0.29) is 18.1 Å². The molecule has 3 aromatic rings. The molecule has 2 aromatic carbocycles. The fourth-order valence-electron chi connectivity index (χ4n) is 2.83. The van der Waals surface area contributed by atoms with Crippen LogP contribution in [-0.4, -0.2) is 29.6 Å². The van der Waals surface area contributed by atoms with Gasteiger partial charge in [0.2, 0.25) is 5.76 Å². The van der Waals surface area contributed by atoms with Gasteiger partial charge in [-0.3, -0.25) is 14.9 Å². The van der Waals surface area contributed by atoms with Crippen LogP contribution in [0.5, 0.6) is 11.5 Å². The molecule has 3 rings (SSSR count). The van der Waals surface area contributed by atoms with Crippen LogP contribution in [0.1, 0.15) is 27.2 Å². The van der Waals surface area contributed by atoms with E-state index in [0.717, 1.165) is 26.8 Å². The zero-order chi connectivity index (χ0) is 24.0. The van der Waals surface area contributed by atoms with Crippen LogP contribution in [0.4, 0.5) is 5.88 Å². The molecule has 1 heterocycles. The van der Waals surface area contributed by atoms with Gasteiger partial charge in [-0.1, -0.05) is 12.1 Å². The van der Waals surface area contributed by atoms with Crippen molar-refractivity contribution in [3.05, 3.63) is 84.7 Å². The summed E-state index contributed by atoms with van der Waals surface area (Å²) in [6.07, 6.45) is 1.37. The molecule has 0 atom stereocenters. The molecule has 1 N–H and O–H groups in total. The van der Waals surface area contributed by atoms with Gasteiger partial charge in [-0.15, -0.1) is 0 Å². The molecule has 0 radical (unpaired) electrons. The Morgan fingerprint density at radius 2 is 1.91 bits per heavy atom. The number of ether oxygens (including phenoxy) is 2. The minimum absolute atomic E-state index is 0.169. The number of halogens is 1. The maximum atomic E-state index is 12.1. The first-order valence-corrected chi connectivity index (χ1v) is 10.6. The first kappa shape index (κ1) is 23.9. The highest BCUT2D eigenvalue weighted by Gasteiger charge is 2.19. The second-order valence-corrected chi connectivity index (χ2v) is 8.05. The largest absolute Gasteiger partial charge is 0.483 e. The molecule has 1 aromatic heterocycles. The quantitative estimate of drug-likeness (QED) is 0.109. The van der Waals surface area contributed by atoms with Crippen LogP contribution in [0.2, 0.25) is 0 Å². The van der Waals surface area contributed by atoms with Crippen molar-refractivity contribution in [1.82, 2.24) is 5.43 Å². The molecule has 0 saturated carbocycles. The van der Waals surface area contributed by atoms with E-state index in [0.29, 0.717) is 11.3 Å². The van der Waals surface area contributed by atoms with E-state index in [1.54, 1.807) is 12.1 Å². The number of furan rings is 1. The van der Waals surface area contributed by atoms with Crippen molar-refractivity contribution >= 4 is 46.6 Å². The zero-order valence-electron chi connectivity index (χ0n) is 17.5. The van der Waals surface area contributed by atoms with Crippen molar-refractivity contribution in [3.63, 3.8) is 0 Å². The Balaban J connectivity index is 1.54. The van der Waals surface area contributed by atoms with Gasteiger partial charge in [0.05, 0.1) is 12.3 Å². The predicted octanol–water partition coefficient (Wildman–Crippen LogP) is 4.16. The van der Waals surface area contributed by atoms with Gasteiger partial charge < -0.3 is 13.9 Å². The van der Waals surface area contributed by atoms with Crippen molar-refractivity contribution in [2.24, 2.45) is 5.10 Å². The number of rotatable bonds is 8. The molecular weight excluding hydrogens is 545 g/mol. The standard InChI is InChI=1S/C22H18IN3O7/c1-13-8-16(23)9-14(2)21(13)31-12-19(27)25-24-11-15-4-3-5-17(10-15)32-22(28)18-6-7-20(33-18)26(29)30/h3-11H,12H2,1-2H3,(H,25,27). The van der Waals surface area contributed by atoms with E-state index in [9.17, 15) is 19.7 Å². The van der Waals surface area contributed by atoms with Gasteiger partial charge in [-0.25, -0.2) is 10.2 Å². The lowest BCUT2D eigenvalue weighted by atomic mass is 10.1. The molecule has 0 saturated heterocycles. The highest BCUT2D eigenvalue weighted by Crippen LogP contribution is 2.25. The molecule has 170 valence electrons. The fraction of sp³-hybridized carbons (Fsp3) is 0.136. The third kappa shape index (κ3) is 6.62. The van der Waals surface area contributed by atoms with Crippen LogP contribution in [-0.2, 0) is 4.79 Å². The summed E-state index contributed by atoms with van der Waals surface area (Å²) in [7, 11) is 0. The number of amides is 1. The van der Waals surface area contributed by atoms with Crippen molar-refractivity contribution in [1.29, 1.82) is 0 Å². The number of nitro groups is 1. The molecule has 0 spiro atoms. The molecule has 1 amide bonds. The Labute approximate surface area is 201 Å². The van der Waals surface area contributed by atoms with Crippen LogP contribution in [0, 0.1) is 27.5 Å². The SMILES string of the molecule is Cc1cc(I)cc(C)c1OCC(=O)NN=Cc1cccc(OC(=O)c2ccc([N+](=O)[O-])o2)c1. The lowest BCUT2D eigenvalue weighted by molar-refractivity contribution is -0.402. The molecule has 0 aliphatic heterocycles. The Bertz CT molecular complexity index is 1210. The summed E-state index contributed by atoms with van der Waals surface area (Å²) in [5.41, 5.74) is 4.78. The number of carbonyl (C=O) groups is 2. The van der Waals surface area contributed by atoms with Gasteiger partial charge >= 0.3 is 11.9 Å². The Morgan fingerprint density at radius 1 is 1.18 bits per heavy atom. The van der Waals surface area contributed by atoms with Crippen LogP contribution in [0.25, 0.3) is 0 Å². The van der Waals surface area contributed by atoms with Crippen molar-refractivity contribution in [2.45, 2.75) is 13.8 Å². The van der Waals surface area contributed by atoms with Crippen molar-refractivity contribution in [2.75, 3.05) is 6.61 Å². The van der Waals surface area contributed by atoms with E-state index in [1.165, 1.54) is 18.3 Å². The number of carbonyl (C=O) groups excluding carboxylic acids is 2. The van der Waals surface area contributed by atoms with E-state index in [2.05, 4.69) is 33.1 Å². The monoisotopic (exact) mass is 563 g/mol. The number of esters is 1. The molecule has 0 aliphatic rings. The molecule has 0 fully saturated rings. The van der Waals surface area contributed by atoms with Crippen LogP contribution >= 0.6 is 22.6 Å². The van der Waals surface area contributed by atoms with Crippen LogP contribution in [0.15, 0.2) is 58.0 Å². The predicted molar refractivity (Wildman–Crippen MR) is 127 cm³/mol. The van der Waals surface area contributed by atoms with Gasteiger partial charge in [-0.05, 0) is 83.5 Å². The van der Waals surface area contributed by atoms with E-state index in [1.807, 2.05) is 26.0 Å². The average Bonchev–Trinajstić information content (AvgIpc) is 3.24. The minimum Gasteiger partial charge on any atom is -0.483 e. The summed E-state index contributed by atoms with van der Waals surface area (Å²) in [5.74, 6) is -1.36. The maximum Gasteiger partial charge on any atom is 0.433 e. The van der Waals surface area contributed by atoms with E-state index < -0.39 is 22.7 Å². The van der Waals surface area contributed by atoms with Gasteiger partial charge in [0, 0.05) is 3.57 Å². The second-order valence-electron chi connectivity index (χ2n) is 6.81. The van der Waals surface area contributed by atoms with Crippen molar-refractivity contribution in [3.8, 4) is 11.5 Å². The normalized spacial score (nSPS) is 10.8. The lowest BCUT2D eigenvalue weighted by Crippen LogP contribution is -2.25. The van der Waals surface area contributed by atoms with Gasteiger partial charge in [-0.2, -0.15) is 5.10 Å². The lowest BCUT2D eigenvalue weighted by Gasteiger charge is -2.11. The number of benzene rings is 2. The van der Waals surface area contributed by atoms with E-state index in [4.69, 9.17) is 13.9 Å². The molecular formula is C22H18IN3O7. The topological polar surface area (TPSA) is 133 Å². The third-order valence-corrected chi connectivity index (χ3v) is 4.84. The van der Waals surface area contributed by atoms with E-state index >= 15 is 0 Å². The Morgan fingerprint density at radius 3 is 2.58 bits per heavy atom. The fourth-order valence-corrected chi connectivity index (χ4v) is 3.76. The summed E-state index contributed by atoms with van der Waals surface area (Å²) < 4.78 is 16.7.